The van der Waals surface area contributed by atoms with Gasteiger partial charge in [-0.3, -0.25) is 10.1 Å². The monoisotopic (exact) mass is 257 g/mol. The van der Waals surface area contributed by atoms with E-state index in [1.165, 1.54) is 30.3 Å². The maximum atomic E-state index is 10.5. The number of aryl methyl sites for hydroxylation is 1. The van der Waals surface area contributed by atoms with E-state index in [0.29, 0.717) is 11.4 Å². The molecule has 0 aliphatic carbocycles. The summed E-state index contributed by atoms with van der Waals surface area (Å²) in [6, 6.07) is 10.6. The van der Waals surface area contributed by atoms with E-state index in [1.807, 2.05) is 6.92 Å². The third kappa shape index (κ3) is 3.12. The van der Waals surface area contributed by atoms with Gasteiger partial charge in [0.15, 0.2) is 0 Å². The Morgan fingerprint density at radius 2 is 1.79 bits per heavy atom. The van der Waals surface area contributed by atoms with Crippen LogP contribution in [0.5, 0.6) is 5.75 Å². The molecule has 2 rings (SSSR count). The molecule has 0 spiro atoms. The molecule has 0 unspecified atom stereocenters. The Morgan fingerprint density at radius 3 is 2.37 bits per heavy atom. The van der Waals surface area contributed by atoms with Crippen molar-refractivity contribution in [3.05, 3.63) is 58.1 Å². The lowest BCUT2D eigenvalue weighted by molar-refractivity contribution is -0.384. The zero-order valence-corrected chi connectivity index (χ0v) is 10.1. The van der Waals surface area contributed by atoms with E-state index in [9.17, 15) is 15.2 Å². The van der Waals surface area contributed by atoms with Gasteiger partial charge in [-0.25, -0.2) is 0 Å². The topological polar surface area (TPSA) is 88.1 Å². The number of nitrogens with zero attached hydrogens (tertiary/aromatic N) is 3. The summed E-state index contributed by atoms with van der Waals surface area (Å²) < 4.78 is 0. The number of non-ortho nitro benzene ring substituents is 1. The molecule has 19 heavy (non-hydrogen) atoms. The molecule has 6 nitrogen and oxygen atoms in total. The van der Waals surface area contributed by atoms with Crippen molar-refractivity contribution in [3.8, 4) is 5.75 Å². The molecule has 2 aromatic carbocycles. The molecule has 2 aromatic rings. The number of benzene rings is 2. The van der Waals surface area contributed by atoms with Crippen LogP contribution in [0.15, 0.2) is 52.7 Å². The zero-order valence-electron chi connectivity index (χ0n) is 10.1. The highest BCUT2D eigenvalue weighted by Crippen LogP contribution is 2.25. The first-order chi connectivity index (χ1) is 9.06. The van der Waals surface area contributed by atoms with Gasteiger partial charge in [0, 0.05) is 12.1 Å². The average molecular weight is 257 g/mol. The minimum atomic E-state index is -0.467. The van der Waals surface area contributed by atoms with Crippen LogP contribution in [0.25, 0.3) is 0 Å². The van der Waals surface area contributed by atoms with Crippen molar-refractivity contribution >= 4 is 17.1 Å². The first kappa shape index (κ1) is 12.7. The number of phenolic OH excluding ortho intramolecular Hbond substituents is 1. The first-order valence-corrected chi connectivity index (χ1v) is 5.52. The molecule has 1 N–H and O–H groups in total. The standard InChI is InChI=1S/C13H11N3O3/c1-9-8-12(17)6-7-13(9)15-14-10-2-4-11(5-3-10)16(18)19/h2-8,17H,1H3. The summed E-state index contributed by atoms with van der Waals surface area (Å²) in [5, 5.41) is 27.8. The van der Waals surface area contributed by atoms with E-state index >= 15 is 0 Å². The summed E-state index contributed by atoms with van der Waals surface area (Å²) in [7, 11) is 0. The lowest BCUT2D eigenvalue weighted by Crippen LogP contribution is -1.85. The highest BCUT2D eigenvalue weighted by Gasteiger charge is 2.03. The molecule has 0 saturated carbocycles. The van der Waals surface area contributed by atoms with E-state index in [0.717, 1.165) is 5.56 Å². The van der Waals surface area contributed by atoms with Gasteiger partial charge in [0.2, 0.25) is 0 Å². The second-order valence-electron chi connectivity index (χ2n) is 3.94. The van der Waals surface area contributed by atoms with Crippen molar-refractivity contribution in [1.29, 1.82) is 0 Å². The molecule has 0 bridgehead atoms. The SMILES string of the molecule is Cc1cc(O)ccc1N=Nc1ccc([N+](=O)[O-])cc1. The first-order valence-electron chi connectivity index (χ1n) is 5.52. The molecule has 0 fully saturated rings. The van der Waals surface area contributed by atoms with Gasteiger partial charge in [-0.05, 0) is 42.8 Å². The van der Waals surface area contributed by atoms with Gasteiger partial charge in [0.25, 0.3) is 5.69 Å². The number of hydrogen-bond acceptors (Lipinski definition) is 5. The summed E-state index contributed by atoms with van der Waals surface area (Å²) in [5.41, 5.74) is 1.97. The Balaban J connectivity index is 2.20. The molecule has 6 heteroatoms. The maximum absolute atomic E-state index is 10.5. The van der Waals surface area contributed by atoms with Crippen molar-refractivity contribution < 1.29 is 10.0 Å². The summed E-state index contributed by atoms with van der Waals surface area (Å²) in [5.74, 6) is 0.173. The van der Waals surface area contributed by atoms with Crippen LogP contribution in [-0.2, 0) is 0 Å². The van der Waals surface area contributed by atoms with Gasteiger partial charge in [0.05, 0.1) is 16.3 Å². The van der Waals surface area contributed by atoms with Crippen LogP contribution >= 0.6 is 0 Å². The summed E-state index contributed by atoms with van der Waals surface area (Å²) in [6.45, 7) is 1.81. The molecule has 0 aliphatic rings. The highest BCUT2D eigenvalue weighted by molar-refractivity contribution is 5.49. The van der Waals surface area contributed by atoms with Crippen molar-refractivity contribution in [2.75, 3.05) is 0 Å². The second kappa shape index (κ2) is 5.26. The normalized spacial score (nSPS) is 10.8. The van der Waals surface area contributed by atoms with Crippen LogP contribution in [0.4, 0.5) is 17.1 Å². The van der Waals surface area contributed by atoms with Gasteiger partial charge < -0.3 is 5.11 Å². The number of hydrogen-bond donors (Lipinski definition) is 1. The number of nitro benzene ring substituents is 1. The Morgan fingerprint density at radius 1 is 1.11 bits per heavy atom. The fourth-order valence-electron chi connectivity index (χ4n) is 1.50. The molecule has 0 aromatic heterocycles. The summed E-state index contributed by atoms with van der Waals surface area (Å²) in [6.07, 6.45) is 0. The van der Waals surface area contributed by atoms with E-state index in [1.54, 1.807) is 12.1 Å². The van der Waals surface area contributed by atoms with Crippen LogP contribution in [0.3, 0.4) is 0 Å². The molecule has 0 heterocycles. The van der Waals surface area contributed by atoms with E-state index in [-0.39, 0.29) is 11.4 Å². The lowest BCUT2D eigenvalue weighted by atomic mass is 10.2. The zero-order chi connectivity index (χ0) is 13.8. The smallest absolute Gasteiger partial charge is 0.269 e. The summed E-state index contributed by atoms with van der Waals surface area (Å²) in [4.78, 5) is 10.0. The van der Waals surface area contributed by atoms with Crippen LogP contribution in [-0.4, -0.2) is 10.0 Å². The van der Waals surface area contributed by atoms with Crippen LogP contribution in [0, 0.1) is 17.0 Å². The second-order valence-corrected chi connectivity index (χ2v) is 3.94. The van der Waals surface area contributed by atoms with Gasteiger partial charge in [-0.1, -0.05) is 0 Å². The van der Waals surface area contributed by atoms with Crippen LogP contribution < -0.4 is 0 Å². The minimum absolute atomic E-state index is 0.0137. The molecular formula is C13H11N3O3. The molecular weight excluding hydrogens is 246 g/mol. The van der Waals surface area contributed by atoms with Gasteiger partial charge in [-0.15, -0.1) is 0 Å². The summed E-state index contributed by atoms with van der Waals surface area (Å²) >= 11 is 0. The van der Waals surface area contributed by atoms with Crippen molar-refractivity contribution in [2.24, 2.45) is 10.2 Å². The number of rotatable bonds is 3. The van der Waals surface area contributed by atoms with Gasteiger partial charge in [-0.2, -0.15) is 10.2 Å². The molecule has 0 aliphatic heterocycles. The number of azo groups is 1. The molecule has 0 amide bonds. The van der Waals surface area contributed by atoms with Crippen molar-refractivity contribution in [2.45, 2.75) is 6.92 Å². The number of aromatic hydroxyl groups is 1. The van der Waals surface area contributed by atoms with E-state index in [4.69, 9.17) is 0 Å². The number of phenols is 1. The third-order valence-corrected chi connectivity index (χ3v) is 2.51. The largest absolute Gasteiger partial charge is 0.508 e. The number of nitro groups is 1. The molecule has 0 saturated heterocycles. The van der Waals surface area contributed by atoms with Gasteiger partial charge >= 0.3 is 0 Å². The van der Waals surface area contributed by atoms with Crippen LogP contribution in [0.1, 0.15) is 5.56 Å². The quantitative estimate of drug-likeness (QED) is 0.511. The van der Waals surface area contributed by atoms with E-state index in [2.05, 4.69) is 10.2 Å². The van der Waals surface area contributed by atoms with Gasteiger partial charge in [0.1, 0.15) is 5.75 Å². The van der Waals surface area contributed by atoms with Crippen LogP contribution in [0.2, 0.25) is 0 Å². The average Bonchev–Trinajstić information content (AvgIpc) is 2.38. The third-order valence-electron chi connectivity index (χ3n) is 2.51. The van der Waals surface area contributed by atoms with Crippen molar-refractivity contribution in [1.82, 2.24) is 0 Å². The fraction of sp³-hybridized carbons (Fsp3) is 0.0769. The predicted molar refractivity (Wildman–Crippen MR) is 70.1 cm³/mol. The highest BCUT2D eigenvalue weighted by atomic mass is 16.6. The Kier molecular flexibility index (Phi) is 3.51. The minimum Gasteiger partial charge on any atom is -0.508 e. The Labute approximate surface area is 109 Å². The Hall–Kier alpha value is -2.76. The molecule has 0 radical (unpaired) electrons. The van der Waals surface area contributed by atoms with E-state index < -0.39 is 4.92 Å². The Bertz CT molecular complexity index is 636. The van der Waals surface area contributed by atoms with Crippen molar-refractivity contribution in [3.63, 3.8) is 0 Å². The fourth-order valence-corrected chi connectivity index (χ4v) is 1.50. The maximum Gasteiger partial charge on any atom is 0.269 e. The molecule has 0 atom stereocenters. The predicted octanol–water partition coefficient (Wildman–Crippen LogP) is 4.02. The lowest BCUT2D eigenvalue weighted by Gasteiger charge is -1.99. The molecule has 96 valence electrons.